The highest BCUT2D eigenvalue weighted by molar-refractivity contribution is 7.09. The van der Waals surface area contributed by atoms with Gasteiger partial charge in [0, 0.05) is 23.9 Å². The third-order valence-corrected chi connectivity index (χ3v) is 2.79. The molecule has 100 valence electrons. The Balaban J connectivity index is 2.33. The molecule has 0 aliphatic carbocycles. The van der Waals surface area contributed by atoms with Gasteiger partial charge in [-0.25, -0.2) is 14.6 Å². The maximum Gasteiger partial charge on any atom is 0.355 e. The van der Waals surface area contributed by atoms with Gasteiger partial charge < -0.3 is 15.7 Å². The van der Waals surface area contributed by atoms with Crippen LogP contribution < -0.4 is 10.6 Å². The average molecular weight is 271 g/mol. The van der Waals surface area contributed by atoms with Gasteiger partial charge >= 0.3 is 12.0 Å². The Hall–Kier alpha value is -1.63. The lowest BCUT2D eigenvalue weighted by Crippen LogP contribution is -2.46. The lowest BCUT2D eigenvalue weighted by molar-refractivity contribution is 0.0691. The molecule has 0 unspecified atom stereocenters. The number of amides is 2. The third-order valence-electron chi connectivity index (χ3n) is 1.88. The molecule has 0 saturated heterocycles. The molecular weight excluding hydrogens is 254 g/mol. The maximum absolute atomic E-state index is 11.4. The van der Waals surface area contributed by atoms with Crippen LogP contribution in [0.4, 0.5) is 4.79 Å². The van der Waals surface area contributed by atoms with Crippen molar-refractivity contribution < 1.29 is 14.7 Å². The molecule has 0 bridgehead atoms. The van der Waals surface area contributed by atoms with Crippen LogP contribution >= 0.6 is 11.3 Å². The number of nitrogens with zero attached hydrogens (tertiary/aromatic N) is 1. The first-order valence-corrected chi connectivity index (χ1v) is 6.39. The summed E-state index contributed by atoms with van der Waals surface area (Å²) >= 11 is 1.28. The second kappa shape index (κ2) is 5.81. The van der Waals surface area contributed by atoms with E-state index in [1.807, 2.05) is 20.8 Å². The predicted octanol–water partition coefficient (Wildman–Crippen LogP) is 1.48. The molecule has 7 heteroatoms. The molecule has 6 nitrogen and oxygen atoms in total. The molecule has 2 amide bonds. The zero-order chi connectivity index (χ0) is 13.8. The van der Waals surface area contributed by atoms with Crippen LogP contribution in [-0.4, -0.2) is 34.2 Å². The van der Waals surface area contributed by atoms with E-state index >= 15 is 0 Å². The van der Waals surface area contributed by atoms with Crippen molar-refractivity contribution >= 4 is 23.3 Å². The summed E-state index contributed by atoms with van der Waals surface area (Å²) in [6, 6.07) is -0.238. The van der Waals surface area contributed by atoms with Crippen molar-refractivity contribution in [3.05, 3.63) is 16.1 Å². The van der Waals surface area contributed by atoms with Crippen LogP contribution in [0.15, 0.2) is 5.38 Å². The van der Waals surface area contributed by atoms with E-state index in [0.717, 1.165) is 0 Å². The van der Waals surface area contributed by atoms with Crippen molar-refractivity contribution in [2.45, 2.75) is 32.7 Å². The number of carboxylic acid groups (broad SMARTS) is 1. The van der Waals surface area contributed by atoms with Crippen LogP contribution in [0.3, 0.4) is 0 Å². The fraction of sp³-hybridized carbons (Fsp3) is 0.545. The molecule has 18 heavy (non-hydrogen) atoms. The van der Waals surface area contributed by atoms with Gasteiger partial charge in [0.2, 0.25) is 0 Å². The molecule has 0 radical (unpaired) electrons. The Kier molecular flexibility index (Phi) is 4.66. The van der Waals surface area contributed by atoms with Crippen molar-refractivity contribution in [1.29, 1.82) is 0 Å². The molecule has 0 aliphatic heterocycles. The minimum Gasteiger partial charge on any atom is -0.476 e. The summed E-state index contributed by atoms with van der Waals surface area (Å²) in [4.78, 5) is 26.0. The SMILES string of the molecule is CC(C)(C)NC(=O)NCCc1nc(C(=O)O)cs1. The summed E-state index contributed by atoms with van der Waals surface area (Å²) < 4.78 is 0. The van der Waals surface area contributed by atoms with Gasteiger partial charge in [-0.05, 0) is 20.8 Å². The van der Waals surface area contributed by atoms with Crippen LogP contribution in [0.25, 0.3) is 0 Å². The fourth-order valence-corrected chi connectivity index (χ4v) is 1.96. The van der Waals surface area contributed by atoms with Crippen molar-refractivity contribution in [3.8, 4) is 0 Å². The number of thiazole rings is 1. The van der Waals surface area contributed by atoms with E-state index in [4.69, 9.17) is 5.11 Å². The Morgan fingerprint density at radius 2 is 2.11 bits per heavy atom. The molecule has 0 fully saturated rings. The number of aromatic carboxylic acids is 1. The van der Waals surface area contributed by atoms with Crippen molar-refractivity contribution in [2.75, 3.05) is 6.54 Å². The van der Waals surface area contributed by atoms with Gasteiger partial charge in [0.1, 0.15) is 0 Å². The number of hydrogen-bond acceptors (Lipinski definition) is 4. The molecule has 0 saturated carbocycles. The average Bonchev–Trinajstić information content (AvgIpc) is 2.63. The summed E-state index contributed by atoms with van der Waals surface area (Å²) in [5.41, 5.74) is -0.226. The first-order chi connectivity index (χ1) is 8.28. The quantitative estimate of drug-likeness (QED) is 0.773. The van der Waals surface area contributed by atoms with Crippen LogP contribution in [0.2, 0.25) is 0 Å². The largest absolute Gasteiger partial charge is 0.476 e. The van der Waals surface area contributed by atoms with Gasteiger partial charge in [-0.1, -0.05) is 0 Å². The summed E-state index contributed by atoms with van der Waals surface area (Å²) in [5, 5.41) is 16.4. The number of urea groups is 1. The van der Waals surface area contributed by atoms with E-state index in [1.54, 1.807) is 0 Å². The normalized spacial score (nSPS) is 11.1. The topological polar surface area (TPSA) is 91.3 Å². The van der Waals surface area contributed by atoms with E-state index in [-0.39, 0.29) is 17.3 Å². The number of aromatic nitrogens is 1. The molecule has 0 aromatic carbocycles. The first kappa shape index (κ1) is 14.4. The Bertz CT molecular complexity index is 437. The molecule has 1 rings (SSSR count). The second-order valence-electron chi connectivity index (χ2n) is 4.81. The van der Waals surface area contributed by atoms with Crippen LogP contribution in [0.1, 0.15) is 36.3 Å². The predicted molar refractivity (Wildman–Crippen MR) is 69.1 cm³/mol. The summed E-state index contributed by atoms with van der Waals surface area (Å²) in [7, 11) is 0. The summed E-state index contributed by atoms with van der Waals surface area (Å²) in [6.45, 7) is 6.11. The van der Waals surface area contributed by atoms with E-state index < -0.39 is 5.97 Å². The molecule has 0 spiro atoms. The highest BCUT2D eigenvalue weighted by Crippen LogP contribution is 2.09. The standard InChI is InChI=1S/C11H17N3O3S/c1-11(2,3)14-10(17)12-5-4-8-13-7(6-18-8)9(15)16/h6H,4-5H2,1-3H3,(H,15,16)(H2,12,14,17). The smallest absolute Gasteiger partial charge is 0.355 e. The van der Waals surface area contributed by atoms with E-state index in [0.29, 0.717) is 18.0 Å². The van der Waals surface area contributed by atoms with Gasteiger partial charge in [0.05, 0.1) is 5.01 Å². The lowest BCUT2D eigenvalue weighted by Gasteiger charge is -2.20. The monoisotopic (exact) mass is 271 g/mol. The van der Waals surface area contributed by atoms with Crippen molar-refractivity contribution in [2.24, 2.45) is 0 Å². The number of rotatable bonds is 4. The molecule has 1 heterocycles. The highest BCUT2D eigenvalue weighted by atomic mass is 32.1. The van der Waals surface area contributed by atoms with Crippen molar-refractivity contribution in [1.82, 2.24) is 15.6 Å². The number of carbonyl (C=O) groups excluding carboxylic acids is 1. The first-order valence-electron chi connectivity index (χ1n) is 5.51. The van der Waals surface area contributed by atoms with Gasteiger partial charge in [0.15, 0.2) is 5.69 Å². The Morgan fingerprint density at radius 1 is 1.44 bits per heavy atom. The number of nitrogens with one attached hydrogen (secondary N) is 2. The van der Waals surface area contributed by atoms with Crippen molar-refractivity contribution in [3.63, 3.8) is 0 Å². The van der Waals surface area contributed by atoms with Crippen LogP contribution in [-0.2, 0) is 6.42 Å². The van der Waals surface area contributed by atoms with Gasteiger partial charge in [0.25, 0.3) is 0 Å². The van der Waals surface area contributed by atoms with Gasteiger partial charge in [-0.3, -0.25) is 0 Å². The molecule has 3 N–H and O–H groups in total. The maximum atomic E-state index is 11.4. The molecule has 0 atom stereocenters. The fourth-order valence-electron chi connectivity index (χ4n) is 1.19. The van der Waals surface area contributed by atoms with Crippen LogP contribution in [0.5, 0.6) is 0 Å². The molecule has 1 aromatic rings. The third kappa shape index (κ3) is 5.13. The van der Waals surface area contributed by atoms with Gasteiger partial charge in [-0.15, -0.1) is 11.3 Å². The van der Waals surface area contributed by atoms with E-state index in [9.17, 15) is 9.59 Å². The minimum absolute atomic E-state index is 0.0501. The number of carboxylic acids is 1. The summed E-state index contributed by atoms with van der Waals surface area (Å²) in [6.07, 6.45) is 0.523. The van der Waals surface area contributed by atoms with Gasteiger partial charge in [-0.2, -0.15) is 0 Å². The zero-order valence-corrected chi connectivity index (χ0v) is 11.4. The Labute approximate surface area is 109 Å². The van der Waals surface area contributed by atoms with Crippen LogP contribution in [0, 0.1) is 0 Å². The molecule has 1 aromatic heterocycles. The second-order valence-corrected chi connectivity index (χ2v) is 5.76. The highest BCUT2D eigenvalue weighted by Gasteiger charge is 2.13. The Morgan fingerprint density at radius 3 is 2.61 bits per heavy atom. The number of hydrogen-bond donors (Lipinski definition) is 3. The lowest BCUT2D eigenvalue weighted by atomic mass is 10.1. The minimum atomic E-state index is -1.03. The molecule has 0 aliphatic rings. The number of carbonyl (C=O) groups is 2. The molecular formula is C11H17N3O3S. The van der Waals surface area contributed by atoms with E-state index in [1.165, 1.54) is 16.7 Å². The summed E-state index contributed by atoms with van der Waals surface area (Å²) in [5.74, 6) is -1.03. The zero-order valence-electron chi connectivity index (χ0n) is 10.6. The van der Waals surface area contributed by atoms with E-state index in [2.05, 4.69) is 15.6 Å².